The summed E-state index contributed by atoms with van der Waals surface area (Å²) in [6, 6.07) is 8.71. The first kappa shape index (κ1) is 19.5. The van der Waals surface area contributed by atoms with Crippen LogP contribution in [0.4, 0.5) is 15.8 Å². The third-order valence-electron chi connectivity index (χ3n) is 4.21. The minimum atomic E-state index is -3.60. The van der Waals surface area contributed by atoms with Gasteiger partial charge in [0, 0.05) is 31.8 Å². The number of nitro benzene ring substituents is 1. The Kier molecular flexibility index (Phi) is 5.14. The highest BCUT2D eigenvalue weighted by atomic mass is 32.2. The van der Waals surface area contributed by atoms with E-state index in [1.54, 1.807) is 36.1 Å². The number of halogens is 1. The molecule has 28 heavy (non-hydrogen) atoms. The van der Waals surface area contributed by atoms with Crippen LogP contribution >= 0.6 is 0 Å². The number of nitrogens with one attached hydrogen (secondary N) is 1. The van der Waals surface area contributed by atoms with Crippen molar-refractivity contribution in [2.45, 2.75) is 10.9 Å². The van der Waals surface area contributed by atoms with Crippen molar-refractivity contribution in [3.63, 3.8) is 0 Å². The van der Waals surface area contributed by atoms with Crippen molar-refractivity contribution in [3.8, 4) is 0 Å². The Bertz CT molecular complexity index is 1130. The predicted molar refractivity (Wildman–Crippen MR) is 101 cm³/mol. The quantitative estimate of drug-likeness (QED) is 0.500. The van der Waals surface area contributed by atoms with E-state index < -0.39 is 26.6 Å². The lowest BCUT2D eigenvalue weighted by atomic mass is 10.1. The molecule has 0 radical (unpaired) electrons. The first-order valence-electron chi connectivity index (χ1n) is 8.14. The lowest BCUT2D eigenvalue weighted by Crippen LogP contribution is -2.17. The smallest absolute Gasteiger partial charge is 0.293 e. The summed E-state index contributed by atoms with van der Waals surface area (Å²) in [6.45, 7) is 0. The van der Waals surface area contributed by atoms with E-state index in [1.807, 2.05) is 0 Å². The van der Waals surface area contributed by atoms with Crippen molar-refractivity contribution in [1.29, 1.82) is 0 Å². The number of aromatic nitrogens is 2. The number of anilines is 1. The molecule has 0 fully saturated rings. The molecule has 1 atom stereocenters. The van der Waals surface area contributed by atoms with Crippen LogP contribution in [0, 0.1) is 15.9 Å². The molecule has 146 valence electrons. The van der Waals surface area contributed by atoms with Crippen LogP contribution in [-0.4, -0.2) is 29.1 Å². The monoisotopic (exact) mass is 404 g/mol. The zero-order valence-corrected chi connectivity index (χ0v) is 15.9. The Balaban J connectivity index is 2.10. The van der Waals surface area contributed by atoms with E-state index in [9.17, 15) is 22.9 Å². The van der Waals surface area contributed by atoms with Gasteiger partial charge in [0.1, 0.15) is 23.4 Å². The lowest BCUT2D eigenvalue weighted by molar-refractivity contribution is -0.384. The number of imidazole rings is 1. The Hall–Kier alpha value is -3.27. The van der Waals surface area contributed by atoms with Gasteiger partial charge in [-0.05, 0) is 29.8 Å². The van der Waals surface area contributed by atoms with Gasteiger partial charge < -0.3 is 9.88 Å². The third-order valence-corrected chi connectivity index (χ3v) is 5.32. The van der Waals surface area contributed by atoms with E-state index in [4.69, 9.17) is 0 Å². The summed E-state index contributed by atoms with van der Waals surface area (Å²) in [5.74, 6) is 0.138. The van der Waals surface area contributed by atoms with Crippen molar-refractivity contribution in [1.82, 2.24) is 9.55 Å². The molecule has 0 saturated heterocycles. The number of hydrogen-bond donors (Lipinski definition) is 1. The molecule has 0 saturated carbocycles. The highest BCUT2D eigenvalue weighted by Crippen LogP contribution is 2.33. The number of sulfone groups is 1. The number of benzene rings is 2. The van der Waals surface area contributed by atoms with Gasteiger partial charge in [-0.2, -0.15) is 0 Å². The Morgan fingerprint density at radius 1 is 1.21 bits per heavy atom. The summed E-state index contributed by atoms with van der Waals surface area (Å²) in [5.41, 5.74) is 0.371. The van der Waals surface area contributed by atoms with Gasteiger partial charge in [-0.3, -0.25) is 10.1 Å². The molecular weight excluding hydrogens is 387 g/mol. The van der Waals surface area contributed by atoms with E-state index >= 15 is 0 Å². The summed E-state index contributed by atoms with van der Waals surface area (Å²) in [7, 11) is -1.84. The van der Waals surface area contributed by atoms with Crippen LogP contribution in [0.15, 0.2) is 59.8 Å². The van der Waals surface area contributed by atoms with Gasteiger partial charge in [-0.25, -0.2) is 17.8 Å². The summed E-state index contributed by atoms with van der Waals surface area (Å²) < 4.78 is 38.5. The standard InChI is InChI=1S/C18H17FN4O4S/c1-22-10-9-20-18(22)17(12-3-5-13(19)6-4-12)21-15-8-7-14(28(2,26)27)11-16(15)23(24)25/h3-11,17,21H,1-2H3. The molecule has 0 aliphatic heterocycles. The van der Waals surface area contributed by atoms with Gasteiger partial charge in [-0.1, -0.05) is 12.1 Å². The van der Waals surface area contributed by atoms with Crippen molar-refractivity contribution < 1.29 is 17.7 Å². The SMILES string of the molecule is Cn1ccnc1C(Nc1ccc(S(C)(=O)=O)cc1[N+](=O)[O-])c1ccc(F)cc1. The molecular formula is C18H17FN4O4S. The Morgan fingerprint density at radius 3 is 2.43 bits per heavy atom. The van der Waals surface area contributed by atoms with Gasteiger partial charge >= 0.3 is 0 Å². The number of aryl methyl sites for hydroxylation is 1. The molecule has 2 aromatic carbocycles. The second-order valence-corrected chi connectivity index (χ2v) is 8.25. The highest BCUT2D eigenvalue weighted by molar-refractivity contribution is 7.90. The summed E-state index contributed by atoms with van der Waals surface area (Å²) in [5, 5.41) is 14.6. The zero-order valence-electron chi connectivity index (χ0n) is 15.0. The fraction of sp³-hybridized carbons (Fsp3) is 0.167. The Labute approximate surface area is 160 Å². The highest BCUT2D eigenvalue weighted by Gasteiger charge is 2.24. The molecule has 0 aliphatic carbocycles. The lowest BCUT2D eigenvalue weighted by Gasteiger charge is -2.20. The number of rotatable bonds is 6. The van der Waals surface area contributed by atoms with Crippen LogP contribution < -0.4 is 5.32 Å². The zero-order chi connectivity index (χ0) is 20.5. The maximum absolute atomic E-state index is 13.3. The number of nitrogens with zero attached hydrogens (tertiary/aromatic N) is 3. The van der Waals surface area contributed by atoms with Crippen LogP contribution in [0.5, 0.6) is 0 Å². The average Bonchev–Trinajstić information content (AvgIpc) is 3.05. The van der Waals surface area contributed by atoms with Crippen molar-refractivity contribution in [2.75, 3.05) is 11.6 Å². The largest absolute Gasteiger partial charge is 0.366 e. The van der Waals surface area contributed by atoms with Gasteiger partial charge in [0.15, 0.2) is 9.84 Å². The molecule has 1 heterocycles. The van der Waals surface area contributed by atoms with Crippen molar-refractivity contribution in [3.05, 3.63) is 82.2 Å². The maximum atomic E-state index is 13.3. The van der Waals surface area contributed by atoms with Crippen LogP contribution in [-0.2, 0) is 16.9 Å². The third kappa shape index (κ3) is 4.01. The van der Waals surface area contributed by atoms with E-state index in [0.29, 0.717) is 11.4 Å². The first-order chi connectivity index (χ1) is 13.2. The van der Waals surface area contributed by atoms with Crippen molar-refractivity contribution >= 4 is 21.2 Å². The molecule has 0 spiro atoms. The fourth-order valence-electron chi connectivity index (χ4n) is 2.78. The van der Waals surface area contributed by atoms with Gasteiger partial charge in [0.05, 0.1) is 9.82 Å². The fourth-order valence-corrected chi connectivity index (χ4v) is 3.42. The second kappa shape index (κ2) is 7.39. The number of nitro groups is 1. The normalized spacial score (nSPS) is 12.5. The predicted octanol–water partition coefficient (Wildman–Crippen LogP) is 3.07. The second-order valence-electron chi connectivity index (χ2n) is 6.23. The molecule has 0 amide bonds. The summed E-state index contributed by atoms with van der Waals surface area (Å²) in [6.07, 6.45) is 4.28. The molecule has 3 aromatic rings. The molecule has 1 N–H and O–H groups in total. The molecule has 10 heteroatoms. The van der Waals surface area contributed by atoms with Crippen LogP contribution in [0.1, 0.15) is 17.4 Å². The number of hydrogen-bond acceptors (Lipinski definition) is 6. The van der Waals surface area contributed by atoms with Gasteiger partial charge in [0.2, 0.25) is 0 Å². The van der Waals surface area contributed by atoms with Crippen molar-refractivity contribution in [2.24, 2.45) is 7.05 Å². The van der Waals surface area contributed by atoms with E-state index in [-0.39, 0.29) is 16.3 Å². The molecule has 1 unspecified atom stereocenters. The summed E-state index contributed by atoms with van der Waals surface area (Å²) in [4.78, 5) is 15.0. The average molecular weight is 404 g/mol. The van der Waals surface area contributed by atoms with E-state index in [2.05, 4.69) is 10.3 Å². The maximum Gasteiger partial charge on any atom is 0.293 e. The minimum Gasteiger partial charge on any atom is -0.366 e. The Morgan fingerprint density at radius 2 is 1.89 bits per heavy atom. The topological polar surface area (TPSA) is 107 Å². The molecule has 0 aliphatic rings. The van der Waals surface area contributed by atoms with Gasteiger partial charge in [-0.15, -0.1) is 0 Å². The molecule has 1 aromatic heterocycles. The first-order valence-corrected chi connectivity index (χ1v) is 10.0. The van der Waals surface area contributed by atoms with Crippen LogP contribution in [0.2, 0.25) is 0 Å². The van der Waals surface area contributed by atoms with Crippen LogP contribution in [0.3, 0.4) is 0 Å². The van der Waals surface area contributed by atoms with Gasteiger partial charge in [0.25, 0.3) is 5.69 Å². The molecule has 0 bridgehead atoms. The molecule has 3 rings (SSSR count). The van der Waals surface area contributed by atoms with E-state index in [1.165, 1.54) is 24.3 Å². The van der Waals surface area contributed by atoms with E-state index in [0.717, 1.165) is 12.3 Å². The minimum absolute atomic E-state index is 0.120. The van der Waals surface area contributed by atoms with Crippen LogP contribution in [0.25, 0.3) is 0 Å². The molecule has 8 nitrogen and oxygen atoms in total. The summed E-state index contributed by atoms with van der Waals surface area (Å²) >= 11 is 0.